The largest absolute Gasteiger partial charge is 0.497 e. The minimum absolute atomic E-state index is 0.0519. The molecular formula is C26H27N5O2. The fourth-order valence-electron chi connectivity index (χ4n) is 4.32. The van der Waals surface area contributed by atoms with Crippen molar-refractivity contribution in [1.29, 1.82) is 0 Å². The van der Waals surface area contributed by atoms with Gasteiger partial charge >= 0.3 is 0 Å². The summed E-state index contributed by atoms with van der Waals surface area (Å²) in [5.74, 6) is 1.87. The van der Waals surface area contributed by atoms with E-state index in [-0.39, 0.29) is 5.56 Å². The van der Waals surface area contributed by atoms with Gasteiger partial charge in [0, 0.05) is 13.1 Å². The van der Waals surface area contributed by atoms with Crippen LogP contribution in [0, 0.1) is 12.8 Å². The molecule has 0 aliphatic carbocycles. The fourth-order valence-corrected chi connectivity index (χ4v) is 4.32. The van der Waals surface area contributed by atoms with Gasteiger partial charge < -0.3 is 9.30 Å². The molecule has 0 amide bonds. The highest BCUT2D eigenvalue weighted by Gasteiger charge is 2.21. The number of fused-ring (bicyclic) bond motifs is 4. The zero-order valence-corrected chi connectivity index (χ0v) is 19.4. The van der Waals surface area contributed by atoms with Crippen LogP contribution in [0.15, 0.2) is 53.3 Å². The van der Waals surface area contributed by atoms with Gasteiger partial charge in [-0.15, -0.1) is 0 Å². The Morgan fingerprint density at radius 2 is 1.61 bits per heavy atom. The number of methoxy groups -OCH3 is 1. The van der Waals surface area contributed by atoms with Gasteiger partial charge in [-0.2, -0.15) is 0 Å². The van der Waals surface area contributed by atoms with E-state index in [0.717, 1.165) is 23.2 Å². The Bertz CT molecular complexity index is 1530. The molecule has 0 saturated carbocycles. The molecule has 5 rings (SSSR count). The normalized spacial score (nSPS) is 11.8. The number of nitrogens with zero attached hydrogens (tertiary/aromatic N) is 5. The Kier molecular flexibility index (Phi) is 5.32. The average Bonchev–Trinajstić information content (AvgIpc) is 3.11. The molecule has 0 radical (unpaired) electrons. The topological polar surface area (TPSA) is 74.8 Å². The SMILES string of the molecule is COc1ccc(CCn2c3nc4ccccc4nc3c3c(=O)n(CC(C)C)c(C)nc32)cc1. The number of hydrogen-bond donors (Lipinski definition) is 0. The molecular weight excluding hydrogens is 414 g/mol. The third-order valence-corrected chi connectivity index (χ3v) is 5.97. The van der Waals surface area contributed by atoms with Crippen molar-refractivity contribution >= 4 is 33.2 Å². The zero-order chi connectivity index (χ0) is 23.1. The molecule has 0 aliphatic rings. The summed E-state index contributed by atoms with van der Waals surface area (Å²) in [7, 11) is 1.66. The Morgan fingerprint density at radius 3 is 2.27 bits per heavy atom. The van der Waals surface area contributed by atoms with Crippen molar-refractivity contribution < 1.29 is 4.74 Å². The van der Waals surface area contributed by atoms with E-state index in [9.17, 15) is 4.79 Å². The first-order valence-corrected chi connectivity index (χ1v) is 11.3. The summed E-state index contributed by atoms with van der Waals surface area (Å²) in [6, 6.07) is 15.8. The quantitative estimate of drug-likeness (QED) is 0.388. The first-order valence-electron chi connectivity index (χ1n) is 11.3. The molecule has 0 N–H and O–H groups in total. The second-order valence-electron chi connectivity index (χ2n) is 8.80. The van der Waals surface area contributed by atoms with Crippen molar-refractivity contribution in [1.82, 2.24) is 24.1 Å². The number of aryl methyl sites for hydroxylation is 3. The van der Waals surface area contributed by atoms with Crippen molar-refractivity contribution in [2.45, 2.75) is 40.3 Å². The minimum Gasteiger partial charge on any atom is -0.497 e. The standard InChI is InChI=1S/C26H27N5O2/c1-16(2)15-31-17(3)27-24-22(26(31)32)23-25(29-21-8-6-5-7-20(21)28-23)30(24)14-13-18-9-11-19(33-4)12-10-18/h5-12,16H,13-15H2,1-4H3. The van der Waals surface area contributed by atoms with E-state index < -0.39 is 0 Å². The molecule has 3 heterocycles. The number of aromatic nitrogens is 5. The zero-order valence-electron chi connectivity index (χ0n) is 19.4. The first kappa shape index (κ1) is 21.1. The van der Waals surface area contributed by atoms with Gasteiger partial charge in [0.1, 0.15) is 22.5 Å². The van der Waals surface area contributed by atoms with Crippen LogP contribution in [-0.4, -0.2) is 31.2 Å². The van der Waals surface area contributed by atoms with Crippen LogP contribution in [0.3, 0.4) is 0 Å². The molecule has 2 aromatic carbocycles. The summed E-state index contributed by atoms with van der Waals surface area (Å²) in [6.45, 7) is 7.35. The lowest BCUT2D eigenvalue weighted by Gasteiger charge is -2.12. The van der Waals surface area contributed by atoms with Gasteiger partial charge in [-0.1, -0.05) is 38.1 Å². The summed E-state index contributed by atoms with van der Waals surface area (Å²) < 4.78 is 9.08. The Labute approximate surface area is 191 Å². The van der Waals surface area contributed by atoms with Gasteiger partial charge in [0.2, 0.25) is 0 Å². The summed E-state index contributed by atoms with van der Waals surface area (Å²) in [6.07, 6.45) is 0.771. The Balaban J connectivity index is 1.73. The third-order valence-electron chi connectivity index (χ3n) is 5.97. The maximum absolute atomic E-state index is 13.6. The molecule has 168 valence electrons. The van der Waals surface area contributed by atoms with Gasteiger partial charge in [0.25, 0.3) is 5.56 Å². The molecule has 33 heavy (non-hydrogen) atoms. The number of ether oxygens (including phenoxy) is 1. The maximum Gasteiger partial charge on any atom is 0.265 e. The summed E-state index contributed by atoms with van der Waals surface area (Å²) in [5.41, 5.74) is 4.66. The van der Waals surface area contributed by atoms with Crippen molar-refractivity contribution in [3.8, 4) is 5.75 Å². The fraction of sp³-hybridized carbons (Fsp3) is 0.308. The van der Waals surface area contributed by atoms with Crippen molar-refractivity contribution in [2.24, 2.45) is 5.92 Å². The Morgan fingerprint density at radius 1 is 0.909 bits per heavy atom. The van der Waals surface area contributed by atoms with Crippen LogP contribution in [0.5, 0.6) is 5.75 Å². The lowest BCUT2D eigenvalue weighted by molar-refractivity contribution is 0.414. The van der Waals surface area contributed by atoms with Crippen molar-refractivity contribution in [3.05, 3.63) is 70.3 Å². The van der Waals surface area contributed by atoms with Gasteiger partial charge in [-0.05, 0) is 49.1 Å². The van der Waals surface area contributed by atoms with E-state index in [2.05, 4.69) is 26.0 Å². The third kappa shape index (κ3) is 3.73. The summed E-state index contributed by atoms with van der Waals surface area (Å²) in [4.78, 5) is 28.3. The van der Waals surface area contributed by atoms with Crippen LogP contribution in [-0.2, 0) is 19.5 Å². The summed E-state index contributed by atoms with van der Waals surface area (Å²) >= 11 is 0. The molecule has 0 unspecified atom stereocenters. The van der Waals surface area contributed by atoms with E-state index in [1.165, 1.54) is 5.56 Å². The second kappa shape index (κ2) is 8.31. The number of para-hydroxylation sites is 2. The smallest absolute Gasteiger partial charge is 0.265 e. The van der Waals surface area contributed by atoms with Crippen molar-refractivity contribution in [3.63, 3.8) is 0 Å². The molecule has 7 nitrogen and oxygen atoms in total. The molecule has 0 saturated heterocycles. The monoisotopic (exact) mass is 441 g/mol. The van der Waals surface area contributed by atoms with Gasteiger partial charge in [-0.3, -0.25) is 9.36 Å². The molecule has 3 aromatic heterocycles. The van der Waals surface area contributed by atoms with E-state index in [1.54, 1.807) is 11.7 Å². The van der Waals surface area contributed by atoms with Crippen LogP contribution in [0.1, 0.15) is 25.2 Å². The molecule has 0 atom stereocenters. The second-order valence-corrected chi connectivity index (χ2v) is 8.80. The van der Waals surface area contributed by atoms with Crippen LogP contribution >= 0.6 is 0 Å². The van der Waals surface area contributed by atoms with E-state index in [1.807, 2.05) is 47.9 Å². The van der Waals surface area contributed by atoms with Gasteiger partial charge in [0.15, 0.2) is 11.3 Å². The molecule has 0 spiro atoms. The van der Waals surface area contributed by atoms with E-state index >= 15 is 0 Å². The lowest BCUT2D eigenvalue weighted by atomic mass is 10.1. The number of hydrogen-bond acceptors (Lipinski definition) is 5. The lowest BCUT2D eigenvalue weighted by Crippen LogP contribution is -2.26. The first-order chi connectivity index (χ1) is 16.0. The predicted molar refractivity (Wildman–Crippen MR) is 131 cm³/mol. The highest BCUT2D eigenvalue weighted by molar-refractivity contribution is 6.04. The molecule has 5 aromatic rings. The summed E-state index contributed by atoms with van der Waals surface area (Å²) in [5, 5.41) is 0.546. The van der Waals surface area contributed by atoms with Crippen LogP contribution in [0.2, 0.25) is 0 Å². The van der Waals surface area contributed by atoms with E-state index in [4.69, 9.17) is 19.7 Å². The van der Waals surface area contributed by atoms with Crippen LogP contribution in [0.4, 0.5) is 0 Å². The average molecular weight is 442 g/mol. The van der Waals surface area contributed by atoms with Gasteiger partial charge in [-0.25, -0.2) is 15.0 Å². The van der Waals surface area contributed by atoms with Gasteiger partial charge in [0.05, 0.1) is 18.1 Å². The number of benzene rings is 2. The highest BCUT2D eigenvalue weighted by atomic mass is 16.5. The maximum atomic E-state index is 13.6. The highest BCUT2D eigenvalue weighted by Crippen LogP contribution is 2.26. The van der Waals surface area contributed by atoms with Crippen LogP contribution < -0.4 is 10.3 Å². The number of rotatable bonds is 6. The Hall–Kier alpha value is -3.74. The van der Waals surface area contributed by atoms with E-state index in [0.29, 0.717) is 47.0 Å². The molecule has 7 heteroatoms. The molecule has 0 aliphatic heterocycles. The minimum atomic E-state index is -0.0519. The molecule has 0 fully saturated rings. The van der Waals surface area contributed by atoms with Crippen LogP contribution in [0.25, 0.3) is 33.2 Å². The predicted octanol–water partition coefficient (Wildman–Crippen LogP) is 4.51. The molecule has 0 bridgehead atoms. The van der Waals surface area contributed by atoms with Crippen molar-refractivity contribution in [2.75, 3.05) is 7.11 Å².